The number of hydrogen-bond donors (Lipinski definition) is 1. The largest absolute Gasteiger partial charge is 0.352 e. The number of carbonyl (C=O) groups excluding carboxylic acids is 2. The first-order chi connectivity index (χ1) is 10.9. The van der Waals surface area contributed by atoms with Crippen molar-refractivity contribution in [3.63, 3.8) is 0 Å². The molecule has 126 valence electrons. The molecule has 23 heavy (non-hydrogen) atoms. The van der Waals surface area contributed by atoms with Gasteiger partial charge in [-0.15, -0.1) is 11.8 Å². The van der Waals surface area contributed by atoms with E-state index in [0.29, 0.717) is 22.3 Å². The van der Waals surface area contributed by atoms with Crippen LogP contribution in [0.15, 0.2) is 23.1 Å². The molecule has 3 nitrogen and oxygen atoms in total. The van der Waals surface area contributed by atoms with Crippen LogP contribution in [0.25, 0.3) is 0 Å². The van der Waals surface area contributed by atoms with E-state index < -0.39 is 5.82 Å². The molecule has 0 aromatic heterocycles. The topological polar surface area (TPSA) is 46.2 Å². The second kappa shape index (κ2) is 7.95. The number of nitrogens with one attached hydrogen (secondary N) is 1. The Kier molecular flexibility index (Phi) is 6.22. The number of carbonyl (C=O) groups is 2. The lowest BCUT2D eigenvalue weighted by atomic mass is 9.78. The number of benzene rings is 1. The third-order valence-corrected chi connectivity index (χ3v) is 5.80. The van der Waals surface area contributed by atoms with Gasteiger partial charge in [0.25, 0.3) is 0 Å². The third-order valence-electron chi connectivity index (χ3n) is 4.75. The number of hydrogen-bond acceptors (Lipinski definition) is 3. The summed E-state index contributed by atoms with van der Waals surface area (Å²) in [5.41, 5.74) is 0.348. The number of Topliss-reactive ketones (excluding diaryl/α,β-unsaturated/α-hetero) is 1. The fourth-order valence-electron chi connectivity index (χ4n) is 3.01. The summed E-state index contributed by atoms with van der Waals surface area (Å²) in [5, 5.41) is 3.08. The summed E-state index contributed by atoms with van der Waals surface area (Å²) < 4.78 is 13.9. The first kappa shape index (κ1) is 18.0. The van der Waals surface area contributed by atoms with Gasteiger partial charge in [-0.1, -0.05) is 32.8 Å². The average molecular weight is 337 g/mol. The highest BCUT2D eigenvalue weighted by molar-refractivity contribution is 8.00. The van der Waals surface area contributed by atoms with E-state index in [4.69, 9.17) is 0 Å². The molecule has 5 heteroatoms. The predicted octanol–water partition coefficient (Wildman–Crippen LogP) is 4.06. The number of ketones is 1. The first-order valence-corrected chi connectivity index (χ1v) is 9.09. The summed E-state index contributed by atoms with van der Waals surface area (Å²) >= 11 is 1.17. The highest BCUT2D eigenvalue weighted by atomic mass is 32.2. The van der Waals surface area contributed by atoms with Crippen LogP contribution in [0.4, 0.5) is 4.39 Å². The van der Waals surface area contributed by atoms with Crippen molar-refractivity contribution < 1.29 is 14.0 Å². The molecule has 0 aliphatic heterocycles. The third kappa shape index (κ3) is 4.80. The lowest BCUT2D eigenvalue weighted by Crippen LogP contribution is -2.44. The molecule has 0 heterocycles. The molecule has 1 aromatic rings. The summed E-state index contributed by atoms with van der Waals surface area (Å²) in [6.07, 6.45) is 3.38. The fourth-order valence-corrected chi connectivity index (χ4v) is 3.75. The van der Waals surface area contributed by atoms with E-state index in [2.05, 4.69) is 19.2 Å². The van der Waals surface area contributed by atoms with E-state index in [-0.39, 0.29) is 23.5 Å². The zero-order chi connectivity index (χ0) is 17.0. The zero-order valence-electron chi connectivity index (χ0n) is 13.9. The van der Waals surface area contributed by atoms with E-state index in [1.165, 1.54) is 31.2 Å². The van der Waals surface area contributed by atoms with E-state index in [0.717, 1.165) is 12.8 Å². The van der Waals surface area contributed by atoms with Gasteiger partial charge in [-0.3, -0.25) is 9.59 Å². The molecule has 0 saturated heterocycles. The lowest BCUT2D eigenvalue weighted by molar-refractivity contribution is -0.120. The monoisotopic (exact) mass is 337 g/mol. The second-order valence-electron chi connectivity index (χ2n) is 6.43. The lowest BCUT2D eigenvalue weighted by Gasteiger charge is -2.34. The smallest absolute Gasteiger partial charge is 0.230 e. The predicted molar refractivity (Wildman–Crippen MR) is 91.2 cm³/mol. The standard InChI is InChI=1S/C18H24FNO2S/c1-11-5-4-6-16(12(11)2)20-18(22)10-23-17-8-7-14(13(3)21)9-15(17)19/h7-9,11-12,16H,4-6,10H2,1-3H3,(H,20,22). The Bertz CT molecular complexity index is 590. The number of thioether (sulfide) groups is 1. The molecule has 3 unspecified atom stereocenters. The molecule has 0 spiro atoms. The van der Waals surface area contributed by atoms with Gasteiger partial charge >= 0.3 is 0 Å². The Balaban J connectivity index is 1.88. The number of halogens is 1. The quantitative estimate of drug-likeness (QED) is 0.651. The Morgan fingerprint density at radius 1 is 1.30 bits per heavy atom. The molecule has 1 fully saturated rings. The highest BCUT2D eigenvalue weighted by Crippen LogP contribution is 2.29. The van der Waals surface area contributed by atoms with Crippen LogP contribution in [0.1, 0.15) is 50.4 Å². The Morgan fingerprint density at radius 2 is 2.04 bits per heavy atom. The van der Waals surface area contributed by atoms with Crippen molar-refractivity contribution in [1.29, 1.82) is 0 Å². The molecule has 1 saturated carbocycles. The molecular formula is C18H24FNO2S. The summed E-state index contributed by atoms with van der Waals surface area (Å²) in [6, 6.07) is 4.61. The Hall–Kier alpha value is -1.36. The number of rotatable bonds is 5. The SMILES string of the molecule is CC(=O)c1ccc(SCC(=O)NC2CCCC(C)C2C)c(F)c1. The van der Waals surface area contributed by atoms with Crippen molar-refractivity contribution >= 4 is 23.5 Å². The van der Waals surface area contributed by atoms with E-state index >= 15 is 0 Å². The van der Waals surface area contributed by atoms with Crippen molar-refractivity contribution in [2.75, 3.05) is 5.75 Å². The van der Waals surface area contributed by atoms with E-state index in [1.54, 1.807) is 12.1 Å². The average Bonchev–Trinajstić information content (AvgIpc) is 2.50. The molecule has 1 N–H and O–H groups in total. The molecule has 1 aromatic carbocycles. The van der Waals surface area contributed by atoms with Gasteiger partial charge in [0.2, 0.25) is 5.91 Å². The van der Waals surface area contributed by atoms with Crippen molar-refractivity contribution in [2.24, 2.45) is 11.8 Å². The summed E-state index contributed by atoms with van der Waals surface area (Å²) in [7, 11) is 0. The van der Waals surface area contributed by atoms with Crippen molar-refractivity contribution in [1.82, 2.24) is 5.32 Å². The second-order valence-corrected chi connectivity index (χ2v) is 7.45. The van der Waals surface area contributed by atoms with Crippen molar-refractivity contribution in [2.45, 2.75) is 51.0 Å². The van der Waals surface area contributed by atoms with Gasteiger partial charge in [0, 0.05) is 16.5 Å². The molecule has 3 atom stereocenters. The van der Waals surface area contributed by atoms with Crippen LogP contribution in [0.2, 0.25) is 0 Å². The molecule has 2 rings (SSSR count). The van der Waals surface area contributed by atoms with Gasteiger partial charge < -0.3 is 5.32 Å². The van der Waals surface area contributed by atoms with Crippen LogP contribution in [0.5, 0.6) is 0 Å². The molecule has 0 bridgehead atoms. The maximum Gasteiger partial charge on any atom is 0.230 e. The van der Waals surface area contributed by atoms with Crippen molar-refractivity contribution in [3.05, 3.63) is 29.6 Å². The minimum atomic E-state index is -0.449. The van der Waals surface area contributed by atoms with Gasteiger partial charge in [-0.25, -0.2) is 4.39 Å². The van der Waals surface area contributed by atoms with Crippen LogP contribution in [-0.4, -0.2) is 23.5 Å². The van der Waals surface area contributed by atoms with E-state index in [9.17, 15) is 14.0 Å². The minimum Gasteiger partial charge on any atom is -0.352 e. The van der Waals surface area contributed by atoms with Crippen LogP contribution < -0.4 is 5.32 Å². The van der Waals surface area contributed by atoms with E-state index in [1.807, 2.05) is 0 Å². The molecule has 1 aliphatic carbocycles. The molecular weight excluding hydrogens is 313 g/mol. The van der Waals surface area contributed by atoms with Crippen LogP contribution in [0, 0.1) is 17.7 Å². The first-order valence-electron chi connectivity index (χ1n) is 8.11. The maximum absolute atomic E-state index is 13.9. The van der Waals surface area contributed by atoms with Gasteiger partial charge in [0.05, 0.1) is 5.75 Å². The van der Waals surface area contributed by atoms with Gasteiger partial charge in [0.1, 0.15) is 5.82 Å². The number of amides is 1. The summed E-state index contributed by atoms with van der Waals surface area (Å²) in [4.78, 5) is 23.7. The Labute approximate surface area is 141 Å². The molecule has 1 aliphatic rings. The highest BCUT2D eigenvalue weighted by Gasteiger charge is 2.28. The summed E-state index contributed by atoms with van der Waals surface area (Å²) in [6.45, 7) is 5.81. The van der Waals surface area contributed by atoms with Crippen LogP contribution >= 0.6 is 11.8 Å². The van der Waals surface area contributed by atoms with Gasteiger partial charge in [-0.05, 0) is 37.3 Å². The minimum absolute atomic E-state index is 0.0593. The fraction of sp³-hybridized carbons (Fsp3) is 0.556. The van der Waals surface area contributed by atoms with Crippen LogP contribution in [-0.2, 0) is 4.79 Å². The molecule has 0 radical (unpaired) electrons. The zero-order valence-corrected chi connectivity index (χ0v) is 14.7. The van der Waals surface area contributed by atoms with Gasteiger partial charge in [-0.2, -0.15) is 0 Å². The van der Waals surface area contributed by atoms with Crippen molar-refractivity contribution in [3.8, 4) is 0 Å². The molecule has 1 amide bonds. The Morgan fingerprint density at radius 3 is 2.70 bits per heavy atom. The van der Waals surface area contributed by atoms with Crippen LogP contribution in [0.3, 0.4) is 0 Å². The van der Waals surface area contributed by atoms with Gasteiger partial charge in [0.15, 0.2) is 5.78 Å². The normalized spacial score (nSPS) is 24.3. The summed E-state index contributed by atoms with van der Waals surface area (Å²) in [5.74, 6) is 0.612. The maximum atomic E-state index is 13.9.